The highest BCUT2D eigenvalue weighted by Gasteiger charge is 2.31. The summed E-state index contributed by atoms with van der Waals surface area (Å²) >= 11 is 0. The minimum absolute atomic E-state index is 0.0506. The number of methoxy groups -OCH3 is 1. The van der Waals surface area contributed by atoms with Crippen LogP contribution in [0.3, 0.4) is 0 Å². The number of amides is 3. The molecule has 0 saturated carbocycles. The number of para-hydroxylation sites is 1. The zero-order valence-corrected chi connectivity index (χ0v) is 19.3. The topological polar surface area (TPSA) is 97.0 Å². The maximum Gasteiger partial charge on any atom is 0.255 e. The fraction of sp³-hybridized carbons (Fsp3) is 0.400. The molecule has 1 fully saturated rings. The van der Waals surface area contributed by atoms with Gasteiger partial charge in [-0.2, -0.15) is 0 Å². The number of benzene rings is 2. The summed E-state index contributed by atoms with van der Waals surface area (Å²) in [6.07, 6.45) is 0.733. The lowest BCUT2D eigenvalue weighted by atomic mass is 9.97. The second-order valence-electron chi connectivity index (χ2n) is 8.00. The number of rotatable bonds is 8. The van der Waals surface area contributed by atoms with Gasteiger partial charge in [-0.15, -0.1) is 0 Å². The summed E-state index contributed by atoms with van der Waals surface area (Å²) in [6, 6.07) is 12.8. The van der Waals surface area contributed by atoms with Crippen molar-refractivity contribution < 1.29 is 23.9 Å². The highest BCUT2D eigenvalue weighted by Crippen LogP contribution is 2.19. The zero-order valence-electron chi connectivity index (χ0n) is 19.3. The van der Waals surface area contributed by atoms with E-state index in [1.54, 1.807) is 60.5 Å². The quantitative estimate of drug-likeness (QED) is 0.641. The normalized spacial score (nSPS) is 15.3. The van der Waals surface area contributed by atoms with E-state index in [-0.39, 0.29) is 17.7 Å². The van der Waals surface area contributed by atoms with E-state index in [0.717, 1.165) is 6.42 Å². The molecule has 0 aliphatic carbocycles. The van der Waals surface area contributed by atoms with E-state index in [1.807, 2.05) is 13.8 Å². The molecule has 2 atom stereocenters. The molecule has 1 heterocycles. The SMILES string of the molecule is CC[C@H](C)[C@H](NC(=O)c1ccccc1NC(=O)c1ccc(OC)cc1)C(=O)N1CCOCC1. The van der Waals surface area contributed by atoms with Crippen molar-refractivity contribution in [3.63, 3.8) is 0 Å². The summed E-state index contributed by atoms with van der Waals surface area (Å²) in [7, 11) is 1.56. The molecule has 0 bridgehead atoms. The van der Waals surface area contributed by atoms with Crippen molar-refractivity contribution in [3.05, 3.63) is 59.7 Å². The third kappa shape index (κ3) is 6.10. The number of nitrogens with zero attached hydrogens (tertiary/aromatic N) is 1. The van der Waals surface area contributed by atoms with Crippen molar-refractivity contribution in [1.82, 2.24) is 10.2 Å². The Morgan fingerprint density at radius 2 is 1.70 bits per heavy atom. The summed E-state index contributed by atoms with van der Waals surface area (Å²) in [6.45, 7) is 5.94. The third-order valence-corrected chi connectivity index (χ3v) is 5.86. The second-order valence-corrected chi connectivity index (χ2v) is 8.00. The number of hydrogen-bond donors (Lipinski definition) is 2. The Bertz CT molecular complexity index is 970. The minimum atomic E-state index is -0.661. The van der Waals surface area contributed by atoms with Crippen LogP contribution in [0.15, 0.2) is 48.5 Å². The van der Waals surface area contributed by atoms with Crippen LogP contribution < -0.4 is 15.4 Å². The molecular weight excluding hydrogens is 422 g/mol. The second kappa shape index (κ2) is 11.5. The average molecular weight is 454 g/mol. The first-order valence-corrected chi connectivity index (χ1v) is 11.2. The monoisotopic (exact) mass is 453 g/mol. The molecule has 0 unspecified atom stereocenters. The zero-order chi connectivity index (χ0) is 23.8. The van der Waals surface area contributed by atoms with Crippen LogP contribution in [0.25, 0.3) is 0 Å². The molecule has 0 spiro atoms. The number of carbonyl (C=O) groups is 3. The van der Waals surface area contributed by atoms with Crippen LogP contribution in [0, 0.1) is 5.92 Å². The van der Waals surface area contributed by atoms with E-state index in [4.69, 9.17) is 9.47 Å². The Kier molecular flexibility index (Phi) is 8.43. The van der Waals surface area contributed by atoms with Gasteiger partial charge in [-0.05, 0) is 42.3 Å². The third-order valence-electron chi connectivity index (χ3n) is 5.86. The Balaban J connectivity index is 1.76. The van der Waals surface area contributed by atoms with E-state index >= 15 is 0 Å². The van der Waals surface area contributed by atoms with Crippen molar-refractivity contribution in [2.24, 2.45) is 5.92 Å². The van der Waals surface area contributed by atoms with Gasteiger partial charge in [0.25, 0.3) is 11.8 Å². The van der Waals surface area contributed by atoms with Crippen LogP contribution in [-0.4, -0.2) is 62.1 Å². The van der Waals surface area contributed by atoms with Gasteiger partial charge in [-0.1, -0.05) is 32.4 Å². The van der Waals surface area contributed by atoms with Crippen LogP contribution >= 0.6 is 0 Å². The molecule has 8 heteroatoms. The summed E-state index contributed by atoms with van der Waals surface area (Å²) < 4.78 is 10.5. The molecule has 33 heavy (non-hydrogen) atoms. The van der Waals surface area contributed by atoms with Gasteiger partial charge >= 0.3 is 0 Å². The fourth-order valence-electron chi connectivity index (χ4n) is 3.61. The molecule has 2 N–H and O–H groups in total. The Morgan fingerprint density at radius 3 is 2.33 bits per heavy atom. The number of hydrogen-bond acceptors (Lipinski definition) is 5. The molecule has 1 aliphatic rings. The van der Waals surface area contributed by atoms with Gasteiger partial charge in [0.05, 0.1) is 31.6 Å². The largest absolute Gasteiger partial charge is 0.497 e. The maximum atomic E-state index is 13.2. The van der Waals surface area contributed by atoms with Crippen LogP contribution in [0.5, 0.6) is 5.75 Å². The lowest BCUT2D eigenvalue weighted by Crippen LogP contribution is -2.54. The van der Waals surface area contributed by atoms with Gasteiger partial charge in [0.2, 0.25) is 5.91 Å². The van der Waals surface area contributed by atoms with E-state index in [0.29, 0.717) is 48.9 Å². The molecule has 3 amide bonds. The molecule has 1 saturated heterocycles. The minimum Gasteiger partial charge on any atom is -0.497 e. The van der Waals surface area contributed by atoms with Gasteiger partial charge in [-0.25, -0.2) is 0 Å². The number of nitrogens with one attached hydrogen (secondary N) is 2. The molecule has 176 valence electrons. The molecule has 3 rings (SSSR count). The van der Waals surface area contributed by atoms with Gasteiger partial charge < -0.3 is 25.0 Å². The number of anilines is 1. The van der Waals surface area contributed by atoms with Crippen LogP contribution in [-0.2, 0) is 9.53 Å². The van der Waals surface area contributed by atoms with Gasteiger partial charge in [0, 0.05) is 18.7 Å². The highest BCUT2D eigenvalue weighted by molar-refractivity contribution is 6.09. The number of carbonyl (C=O) groups excluding carboxylic acids is 3. The Labute approximate surface area is 194 Å². The van der Waals surface area contributed by atoms with E-state index in [9.17, 15) is 14.4 Å². The van der Waals surface area contributed by atoms with E-state index in [2.05, 4.69) is 10.6 Å². The van der Waals surface area contributed by atoms with Gasteiger partial charge in [-0.3, -0.25) is 14.4 Å². The summed E-state index contributed by atoms with van der Waals surface area (Å²) in [5, 5.41) is 5.71. The molecule has 2 aromatic carbocycles. The van der Waals surface area contributed by atoms with Gasteiger partial charge in [0.15, 0.2) is 0 Å². The molecule has 8 nitrogen and oxygen atoms in total. The number of morpholine rings is 1. The lowest BCUT2D eigenvalue weighted by molar-refractivity contribution is -0.138. The van der Waals surface area contributed by atoms with Crippen molar-refractivity contribution in [1.29, 1.82) is 0 Å². The first kappa shape index (κ1) is 24.3. The van der Waals surface area contributed by atoms with Crippen molar-refractivity contribution in [3.8, 4) is 5.75 Å². The first-order valence-electron chi connectivity index (χ1n) is 11.2. The molecule has 1 aliphatic heterocycles. The molecule has 0 radical (unpaired) electrons. The van der Waals surface area contributed by atoms with E-state index < -0.39 is 11.9 Å². The predicted molar refractivity (Wildman–Crippen MR) is 125 cm³/mol. The van der Waals surface area contributed by atoms with Crippen molar-refractivity contribution >= 4 is 23.4 Å². The average Bonchev–Trinajstić information content (AvgIpc) is 2.87. The summed E-state index contributed by atoms with van der Waals surface area (Å²) in [4.78, 5) is 40.8. The maximum absolute atomic E-state index is 13.2. The molecule has 0 aromatic heterocycles. The molecule has 2 aromatic rings. The summed E-state index contributed by atoms with van der Waals surface area (Å²) in [5.74, 6) is -0.272. The Hall–Kier alpha value is -3.39. The van der Waals surface area contributed by atoms with E-state index in [1.165, 1.54) is 0 Å². The molecular formula is C25H31N3O5. The van der Waals surface area contributed by atoms with Crippen molar-refractivity contribution in [2.75, 3.05) is 38.7 Å². The first-order chi connectivity index (χ1) is 15.9. The predicted octanol–water partition coefficient (Wildman–Crippen LogP) is 2.95. The van der Waals surface area contributed by atoms with Crippen molar-refractivity contribution in [2.45, 2.75) is 26.3 Å². The number of ether oxygens (including phenoxy) is 2. The Morgan fingerprint density at radius 1 is 1.03 bits per heavy atom. The smallest absolute Gasteiger partial charge is 0.255 e. The van der Waals surface area contributed by atoms with Crippen LogP contribution in [0.2, 0.25) is 0 Å². The van der Waals surface area contributed by atoms with Gasteiger partial charge in [0.1, 0.15) is 11.8 Å². The lowest BCUT2D eigenvalue weighted by Gasteiger charge is -2.33. The standard InChI is InChI=1S/C25H31N3O5/c1-4-17(2)22(25(31)28-13-15-33-16-14-28)27-24(30)20-7-5-6-8-21(20)26-23(29)18-9-11-19(32-3)12-10-18/h5-12,17,22H,4,13-16H2,1-3H3,(H,26,29)(H,27,30)/t17-,22-/m0/s1. The highest BCUT2D eigenvalue weighted by atomic mass is 16.5. The van der Waals surface area contributed by atoms with Crippen LogP contribution in [0.4, 0.5) is 5.69 Å². The summed E-state index contributed by atoms with van der Waals surface area (Å²) in [5.41, 5.74) is 1.10. The fourth-order valence-corrected chi connectivity index (χ4v) is 3.61. The van der Waals surface area contributed by atoms with Crippen LogP contribution in [0.1, 0.15) is 41.0 Å².